The van der Waals surface area contributed by atoms with Crippen molar-refractivity contribution in [2.24, 2.45) is 0 Å². The summed E-state index contributed by atoms with van der Waals surface area (Å²) < 4.78 is 13.4. The highest BCUT2D eigenvalue weighted by Gasteiger charge is 2.16. The van der Waals surface area contributed by atoms with E-state index in [0.29, 0.717) is 25.2 Å². The van der Waals surface area contributed by atoms with E-state index in [1.165, 1.54) is 12.1 Å². The fourth-order valence-electron chi connectivity index (χ4n) is 2.69. The number of benzene rings is 2. The molecule has 2 N–H and O–H groups in total. The molecule has 0 fully saturated rings. The second kappa shape index (κ2) is 7.81. The van der Waals surface area contributed by atoms with Gasteiger partial charge in [-0.15, -0.1) is 0 Å². The summed E-state index contributed by atoms with van der Waals surface area (Å²) in [6.07, 6.45) is 0.398. The number of halogens is 1. The van der Waals surface area contributed by atoms with E-state index in [0.717, 1.165) is 16.8 Å². The van der Waals surface area contributed by atoms with Crippen molar-refractivity contribution in [1.82, 2.24) is 4.90 Å². The van der Waals surface area contributed by atoms with Crippen LogP contribution in [0.5, 0.6) is 0 Å². The average Bonchev–Trinajstić information content (AvgIpc) is 2.53. The van der Waals surface area contributed by atoms with E-state index in [1.54, 1.807) is 11.0 Å². The molecule has 0 bridgehead atoms. The van der Waals surface area contributed by atoms with Crippen molar-refractivity contribution < 1.29 is 9.18 Å². The maximum absolute atomic E-state index is 13.4. The van der Waals surface area contributed by atoms with Gasteiger partial charge in [0, 0.05) is 45.0 Å². The number of rotatable bonds is 6. The monoisotopic (exact) mass is 329 g/mol. The Hall–Kier alpha value is -2.56. The summed E-state index contributed by atoms with van der Waals surface area (Å²) in [6.45, 7) is 2.63. The number of amides is 1. The molecule has 0 radical (unpaired) electrons. The van der Waals surface area contributed by atoms with Crippen LogP contribution >= 0.6 is 0 Å². The minimum Gasteiger partial charge on any atom is -0.399 e. The van der Waals surface area contributed by atoms with E-state index in [1.807, 2.05) is 50.2 Å². The van der Waals surface area contributed by atoms with Crippen molar-refractivity contribution in [3.05, 3.63) is 59.4 Å². The lowest BCUT2D eigenvalue weighted by Crippen LogP contribution is -2.30. The molecule has 4 nitrogen and oxygen atoms in total. The van der Waals surface area contributed by atoms with E-state index >= 15 is 0 Å². The Morgan fingerprint density at radius 3 is 2.50 bits per heavy atom. The molecule has 0 saturated carbocycles. The largest absolute Gasteiger partial charge is 0.399 e. The van der Waals surface area contributed by atoms with Crippen LogP contribution in [0.15, 0.2) is 42.5 Å². The number of nitrogen functional groups attached to an aromatic ring is 1. The van der Waals surface area contributed by atoms with Gasteiger partial charge >= 0.3 is 0 Å². The van der Waals surface area contributed by atoms with Gasteiger partial charge in [-0.05, 0) is 41.5 Å². The molecule has 0 saturated heterocycles. The van der Waals surface area contributed by atoms with Gasteiger partial charge in [0.1, 0.15) is 5.82 Å². The number of nitrogens with two attached hydrogens (primary N) is 1. The molecule has 24 heavy (non-hydrogen) atoms. The van der Waals surface area contributed by atoms with Crippen LogP contribution in [-0.4, -0.2) is 24.9 Å². The normalized spacial score (nSPS) is 10.5. The van der Waals surface area contributed by atoms with E-state index in [-0.39, 0.29) is 11.7 Å². The average molecular weight is 329 g/mol. The molecule has 2 rings (SSSR count). The molecule has 128 valence electrons. The zero-order chi connectivity index (χ0) is 17.7. The molecule has 0 aromatic heterocycles. The quantitative estimate of drug-likeness (QED) is 0.826. The molecule has 0 aliphatic heterocycles. The SMILES string of the molecule is CCC(=O)N(Cc1cccc(F)c1)Cc1cc(N)ccc1N(C)C. The zero-order valence-corrected chi connectivity index (χ0v) is 14.4. The predicted octanol–water partition coefficient (Wildman–Crippen LogP) is 3.41. The van der Waals surface area contributed by atoms with Crippen LogP contribution in [0.2, 0.25) is 0 Å². The fraction of sp³-hybridized carbons (Fsp3) is 0.316. The molecular formula is C19H24FN3O. The maximum atomic E-state index is 13.4. The molecule has 2 aromatic carbocycles. The van der Waals surface area contributed by atoms with Gasteiger partial charge in [0.15, 0.2) is 0 Å². The molecule has 0 aliphatic rings. The first kappa shape index (κ1) is 17.8. The lowest BCUT2D eigenvalue weighted by Gasteiger charge is -2.26. The van der Waals surface area contributed by atoms with Crippen molar-refractivity contribution >= 4 is 17.3 Å². The Labute approximate surface area is 142 Å². The van der Waals surface area contributed by atoms with E-state index < -0.39 is 0 Å². The molecular weight excluding hydrogens is 305 g/mol. The molecule has 0 spiro atoms. The highest BCUT2D eigenvalue weighted by atomic mass is 19.1. The summed E-state index contributed by atoms with van der Waals surface area (Å²) >= 11 is 0. The number of anilines is 2. The molecule has 2 aromatic rings. The third kappa shape index (κ3) is 4.47. The van der Waals surface area contributed by atoms with E-state index in [4.69, 9.17) is 5.73 Å². The minimum absolute atomic E-state index is 0.0198. The van der Waals surface area contributed by atoms with Crippen molar-refractivity contribution in [3.8, 4) is 0 Å². The third-order valence-electron chi connectivity index (χ3n) is 3.86. The molecule has 1 amide bonds. The second-order valence-corrected chi connectivity index (χ2v) is 6.02. The van der Waals surface area contributed by atoms with Crippen LogP contribution in [0.25, 0.3) is 0 Å². The topological polar surface area (TPSA) is 49.6 Å². The lowest BCUT2D eigenvalue weighted by molar-refractivity contribution is -0.132. The van der Waals surface area contributed by atoms with Crippen molar-refractivity contribution in [2.45, 2.75) is 26.4 Å². The van der Waals surface area contributed by atoms with Gasteiger partial charge in [0.2, 0.25) is 5.91 Å². The molecule has 0 unspecified atom stereocenters. The summed E-state index contributed by atoms with van der Waals surface area (Å²) in [5, 5.41) is 0. The predicted molar refractivity (Wildman–Crippen MR) is 96.1 cm³/mol. The molecule has 0 heterocycles. The van der Waals surface area contributed by atoms with Gasteiger partial charge in [-0.2, -0.15) is 0 Å². The Morgan fingerprint density at radius 1 is 1.12 bits per heavy atom. The number of carbonyl (C=O) groups excluding carboxylic acids is 1. The first-order chi connectivity index (χ1) is 11.4. The number of hydrogen-bond acceptors (Lipinski definition) is 3. The molecule has 0 aliphatic carbocycles. The van der Waals surface area contributed by atoms with Gasteiger partial charge in [-0.25, -0.2) is 4.39 Å². The first-order valence-electron chi connectivity index (χ1n) is 7.98. The van der Waals surface area contributed by atoms with Crippen LogP contribution in [0.4, 0.5) is 15.8 Å². The molecule has 5 heteroatoms. The van der Waals surface area contributed by atoms with Gasteiger partial charge in [-0.1, -0.05) is 19.1 Å². The number of carbonyl (C=O) groups is 1. The second-order valence-electron chi connectivity index (χ2n) is 6.02. The van der Waals surface area contributed by atoms with Gasteiger partial charge < -0.3 is 15.5 Å². The highest BCUT2D eigenvalue weighted by molar-refractivity contribution is 5.76. The zero-order valence-electron chi connectivity index (χ0n) is 14.4. The van der Waals surface area contributed by atoms with Crippen LogP contribution in [0.3, 0.4) is 0 Å². The number of nitrogens with zero attached hydrogens (tertiary/aromatic N) is 2. The third-order valence-corrected chi connectivity index (χ3v) is 3.86. The minimum atomic E-state index is -0.297. The van der Waals surface area contributed by atoms with Crippen molar-refractivity contribution in [2.75, 3.05) is 24.7 Å². The Kier molecular flexibility index (Phi) is 5.79. The summed E-state index contributed by atoms with van der Waals surface area (Å²) in [5.74, 6) is -0.277. The smallest absolute Gasteiger partial charge is 0.222 e. The summed E-state index contributed by atoms with van der Waals surface area (Å²) in [5.41, 5.74) is 9.32. The number of hydrogen-bond donors (Lipinski definition) is 1. The summed E-state index contributed by atoms with van der Waals surface area (Å²) in [4.78, 5) is 16.1. The summed E-state index contributed by atoms with van der Waals surface area (Å²) in [6, 6.07) is 12.0. The maximum Gasteiger partial charge on any atom is 0.222 e. The Balaban J connectivity index is 2.30. The van der Waals surface area contributed by atoms with Crippen molar-refractivity contribution in [1.29, 1.82) is 0 Å². The highest BCUT2D eigenvalue weighted by Crippen LogP contribution is 2.24. The summed E-state index contributed by atoms with van der Waals surface area (Å²) in [7, 11) is 3.90. The van der Waals surface area contributed by atoms with Gasteiger partial charge in [0.05, 0.1) is 0 Å². The van der Waals surface area contributed by atoms with Crippen LogP contribution in [0, 0.1) is 5.82 Å². The van der Waals surface area contributed by atoms with Crippen LogP contribution in [0.1, 0.15) is 24.5 Å². The Bertz CT molecular complexity index is 716. The lowest BCUT2D eigenvalue weighted by atomic mass is 10.1. The van der Waals surface area contributed by atoms with Crippen LogP contribution < -0.4 is 10.6 Å². The van der Waals surface area contributed by atoms with Crippen molar-refractivity contribution in [3.63, 3.8) is 0 Å². The Morgan fingerprint density at radius 2 is 1.88 bits per heavy atom. The van der Waals surface area contributed by atoms with Gasteiger partial charge in [-0.3, -0.25) is 4.79 Å². The first-order valence-corrected chi connectivity index (χ1v) is 7.98. The van der Waals surface area contributed by atoms with E-state index in [9.17, 15) is 9.18 Å². The van der Waals surface area contributed by atoms with Gasteiger partial charge in [0.25, 0.3) is 0 Å². The fourth-order valence-corrected chi connectivity index (χ4v) is 2.69. The molecule has 0 atom stereocenters. The standard InChI is InChI=1S/C19H24FN3O/c1-4-19(24)23(12-14-6-5-7-16(20)10-14)13-15-11-17(21)8-9-18(15)22(2)3/h5-11H,4,12-13,21H2,1-3H3. The van der Waals surface area contributed by atoms with E-state index in [2.05, 4.69) is 0 Å². The van der Waals surface area contributed by atoms with Crippen LogP contribution in [-0.2, 0) is 17.9 Å².